The number of thiophene rings is 1. The minimum Gasteiger partial charge on any atom is -0.355 e. The highest BCUT2D eigenvalue weighted by molar-refractivity contribution is 7.92. The molecule has 9 heteroatoms. The number of carbonyl (C=O) groups is 2. The molecule has 0 spiro atoms. The van der Waals surface area contributed by atoms with E-state index in [9.17, 15) is 18.0 Å². The second kappa shape index (κ2) is 9.60. The Balaban J connectivity index is 1.57. The minimum atomic E-state index is -3.77. The molecule has 34 heavy (non-hydrogen) atoms. The number of hydrogen-bond acceptors (Lipinski definition) is 5. The van der Waals surface area contributed by atoms with Crippen molar-refractivity contribution in [2.75, 3.05) is 23.7 Å². The summed E-state index contributed by atoms with van der Waals surface area (Å²) in [4.78, 5) is 26.8. The minimum absolute atomic E-state index is 0.0852. The molecule has 1 atom stereocenters. The van der Waals surface area contributed by atoms with Crippen molar-refractivity contribution in [2.24, 2.45) is 5.92 Å². The Hall–Kier alpha value is -3.17. The summed E-state index contributed by atoms with van der Waals surface area (Å²) < 4.78 is 27.2. The predicted molar refractivity (Wildman–Crippen MR) is 135 cm³/mol. The van der Waals surface area contributed by atoms with Gasteiger partial charge in [0.05, 0.1) is 16.1 Å². The molecule has 4 rings (SSSR count). The third kappa shape index (κ3) is 4.58. The summed E-state index contributed by atoms with van der Waals surface area (Å²) in [6, 6.07) is 14.6. The van der Waals surface area contributed by atoms with Crippen molar-refractivity contribution in [1.29, 1.82) is 0 Å². The Bertz CT molecular complexity index is 1320. The molecule has 7 nitrogen and oxygen atoms in total. The molecule has 2 amide bonds. The average molecular weight is 498 g/mol. The van der Waals surface area contributed by atoms with E-state index in [1.54, 1.807) is 31.3 Å². The zero-order valence-electron chi connectivity index (χ0n) is 19.3. The second-order valence-electron chi connectivity index (χ2n) is 8.42. The zero-order valence-corrected chi connectivity index (χ0v) is 20.9. The van der Waals surface area contributed by atoms with Crippen LogP contribution in [0.25, 0.3) is 0 Å². The molecule has 0 saturated carbocycles. The highest BCUT2D eigenvalue weighted by Gasteiger charge is 2.28. The standard InChI is InChI=1S/C25H27N3O4S2/c1-16-9-14-20-21(15-16)33-25(22(20)24(30)26-2)27-23(29)17-10-12-19(13-11-17)34(31,32)28(3)18-7-5-4-6-8-18/h4-8,10-13,16H,9,14-15H2,1-3H3,(H,26,30)(H,27,29)/t16-/m0/s1. The number of anilines is 2. The van der Waals surface area contributed by atoms with Crippen molar-refractivity contribution in [3.05, 3.63) is 76.2 Å². The maximum Gasteiger partial charge on any atom is 0.264 e. The smallest absolute Gasteiger partial charge is 0.264 e. The number of amides is 2. The first-order chi connectivity index (χ1) is 16.2. The molecule has 1 aromatic heterocycles. The average Bonchev–Trinajstić information content (AvgIpc) is 3.20. The molecule has 2 aromatic carbocycles. The molecule has 178 valence electrons. The highest BCUT2D eigenvalue weighted by Crippen LogP contribution is 2.39. The topological polar surface area (TPSA) is 95.6 Å². The molecule has 1 aliphatic rings. The number of sulfonamides is 1. The first-order valence-electron chi connectivity index (χ1n) is 11.0. The zero-order chi connectivity index (χ0) is 24.5. The van der Waals surface area contributed by atoms with Crippen molar-refractivity contribution in [2.45, 2.75) is 31.1 Å². The van der Waals surface area contributed by atoms with Crippen LogP contribution < -0.4 is 14.9 Å². The number of para-hydroxylation sites is 1. The molecule has 0 unspecified atom stereocenters. The fourth-order valence-electron chi connectivity index (χ4n) is 4.09. The van der Waals surface area contributed by atoms with E-state index in [4.69, 9.17) is 0 Å². The van der Waals surface area contributed by atoms with Crippen molar-refractivity contribution in [3.63, 3.8) is 0 Å². The van der Waals surface area contributed by atoms with Crippen molar-refractivity contribution < 1.29 is 18.0 Å². The van der Waals surface area contributed by atoms with Gasteiger partial charge < -0.3 is 10.6 Å². The van der Waals surface area contributed by atoms with E-state index in [-0.39, 0.29) is 10.8 Å². The van der Waals surface area contributed by atoms with Gasteiger partial charge in [0.25, 0.3) is 21.8 Å². The molecular formula is C25H27N3O4S2. The number of fused-ring (bicyclic) bond motifs is 1. The van der Waals surface area contributed by atoms with E-state index in [1.807, 2.05) is 6.07 Å². The summed E-state index contributed by atoms with van der Waals surface area (Å²) in [5.41, 5.74) is 2.40. The van der Waals surface area contributed by atoms with Crippen LogP contribution in [0.2, 0.25) is 0 Å². The molecule has 0 fully saturated rings. The van der Waals surface area contributed by atoms with E-state index in [1.165, 1.54) is 47.0 Å². The number of benzene rings is 2. The summed E-state index contributed by atoms with van der Waals surface area (Å²) in [5.74, 6) is -0.0688. The van der Waals surface area contributed by atoms with Crippen LogP contribution in [-0.4, -0.2) is 34.3 Å². The van der Waals surface area contributed by atoms with Gasteiger partial charge >= 0.3 is 0 Å². The van der Waals surface area contributed by atoms with Crippen LogP contribution in [0.3, 0.4) is 0 Å². The Morgan fingerprint density at radius 2 is 1.71 bits per heavy atom. The van der Waals surface area contributed by atoms with Gasteiger partial charge in [-0.2, -0.15) is 0 Å². The number of nitrogens with zero attached hydrogens (tertiary/aromatic N) is 1. The number of carbonyl (C=O) groups excluding carboxylic acids is 2. The maximum absolute atomic E-state index is 13.0. The van der Waals surface area contributed by atoms with Crippen LogP contribution >= 0.6 is 11.3 Å². The van der Waals surface area contributed by atoms with Crippen LogP contribution in [0.15, 0.2) is 59.5 Å². The van der Waals surface area contributed by atoms with E-state index in [2.05, 4.69) is 17.6 Å². The van der Waals surface area contributed by atoms with E-state index >= 15 is 0 Å². The summed E-state index contributed by atoms with van der Waals surface area (Å²) >= 11 is 1.45. The van der Waals surface area contributed by atoms with Gasteiger partial charge in [-0.3, -0.25) is 13.9 Å². The lowest BCUT2D eigenvalue weighted by Gasteiger charge is -2.19. The van der Waals surface area contributed by atoms with Gasteiger partial charge in [0, 0.05) is 24.5 Å². The lowest BCUT2D eigenvalue weighted by molar-refractivity contribution is 0.0963. The van der Waals surface area contributed by atoms with E-state index < -0.39 is 15.9 Å². The Kier molecular flexibility index (Phi) is 6.77. The first kappa shape index (κ1) is 24.0. The molecule has 0 aliphatic heterocycles. The number of nitrogens with one attached hydrogen (secondary N) is 2. The SMILES string of the molecule is CNC(=O)c1c(NC(=O)c2ccc(S(=O)(=O)N(C)c3ccccc3)cc2)sc2c1CC[C@H](C)C2. The van der Waals surface area contributed by atoms with E-state index in [0.717, 1.165) is 29.7 Å². The normalized spacial score (nSPS) is 15.3. The van der Waals surface area contributed by atoms with Gasteiger partial charge in [-0.1, -0.05) is 25.1 Å². The molecule has 3 aromatic rings. The Morgan fingerprint density at radius 3 is 2.35 bits per heavy atom. The van der Waals surface area contributed by atoms with E-state index in [0.29, 0.717) is 27.7 Å². The quantitative estimate of drug-likeness (QED) is 0.531. The van der Waals surface area contributed by atoms with Crippen molar-refractivity contribution >= 4 is 43.9 Å². The third-order valence-electron chi connectivity index (χ3n) is 6.09. The molecular weight excluding hydrogens is 470 g/mol. The lowest BCUT2D eigenvalue weighted by Crippen LogP contribution is -2.26. The van der Waals surface area contributed by atoms with Gasteiger partial charge in [-0.05, 0) is 67.1 Å². The van der Waals surface area contributed by atoms with Crippen molar-refractivity contribution in [3.8, 4) is 0 Å². The van der Waals surface area contributed by atoms with Gasteiger partial charge in [0.15, 0.2) is 0 Å². The molecule has 0 bridgehead atoms. The van der Waals surface area contributed by atoms with Crippen LogP contribution in [0.1, 0.15) is 44.5 Å². The summed E-state index contributed by atoms with van der Waals surface area (Å²) in [6.45, 7) is 2.19. The van der Waals surface area contributed by atoms with Gasteiger partial charge in [-0.25, -0.2) is 8.42 Å². The largest absolute Gasteiger partial charge is 0.355 e. The van der Waals surface area contributed by atoms with Crippen LogP contribution in [0.4, 0.5) is 10.7 Å². The van der Waals surface area contributed by atoms with Gasteiger partial charge in [0.1, 0.15) is 5.00 Å². The molecule has 0 saturated heterocycles. The summed E-state index contributed by atoms with van der Waals surface area (Å²) in [7, 11) is -0.702. The Labute approximate surface area is 203 Å². The van der Waals surface area contributed by atoms with Crippen LogP contribution in [0.5, 0.6) is 0 Å². The molecule has 1 aliphatic carbocycles. The van der Waals surface area contributed by atoms with Crippen molar-refractivity contribution in [1.82, 2.24) is 5.32 Å². The number of rotatable bonds is 6. The number of hydrogen-bond donors (Lipinski definition) is 2. The lowest BCUT2D eigenvalue weighted by atomic mass is 9.88. The molecule has 1 heterocycles. The fourth-order valence-corrected chi connectivity index (χ4v) is 6.69. The monoisotopic (exact) mass is 497 g/mol. The first-order valence-corrected chi connectivity index (χ1v) is 13.3. The maximum atomic E-state index is 13.0. The van der Waals surface area contributed by atoms with Gasteiger partial charge in [-0.15, -0.1) is 11.3 Å². The van der Waals surface area contributed by atoms with Crippen LogP contribution in [-0.2, 0) is 22.9 Å². The highest BCUT2D eigenvalue weighted by atomic mass is 32.2. The fraction of sp³-hybridized carbons (Fsp3) is 0.280. The van der Waals surface area contributed by atoms with Gasteiger partial charge in [0.2, 0.25) is 0 Å². The second-order valence-corrected chi connectivity index (χ2v) is 11.5. The Morgan fingerprint density at radius 1 is 1.03 bits per heavy atom. The predicted octanol–water partition coefficient (Wildman–Crippen LogP) is 4.31. The molecule has 2 N–H and O–H groups in total. The summed E-state index contributed by atoms with van der Waals surface area (Å²) in [6.07, 6.45) is 2.71. The van der Waals surface area contributed by atoms with Crippen LogP contribution in [0, 0.1) is 5.92 Å². The molecule has 0 radical (unpaired) electrons. The summed E-state index contributed by atoms with van der Waals surface area (Å²) in [5, 5.41) is 6.09. The third-order valence-corrected chi connectivity index (χ3v) is 9.06.